The van der Waals surface area contributed by atoms with Crippen LogP contribution in [0.4, 0.5) is 0 Å². The normalized spacial score (nSPS) is 40.6. The molecule has 2 aliphatic carbocycles. The summed E-state index contributed by atoms with van der Waals surface area (Å²) in [6, 6.07) is 1.37. The van der Waals surface area contributed by atoms with Crippen LogP contribution in [0.1, 0.15) is 51.4 Å². The summed E-state index contributed by atoms with van der Waals surface area (Å²) in [5.41, 5.74) is 6.76. The van der Waals surface area contributed by atoms with Gasteiger partial charge in [-0.3, -0.25) is 4.90 Å². The minimum Gasteiger partial charge on any atom is -0.326 e. The summed E-state index contributed by atoms with van der Waals surface area (Å²) >= 11 is 0. The van der Waals surface area contributed by atoms with Gasteiger partial charge in [-0.05, 0) is 37.5 Å². The molecule has 2 N–H and O–H groups in total. The maximum absolute atomic E-state index is 6.02. The Balaban J connectivity index is 1.66. The third kappa shape index (κ3) is 1.62. The van der Waals surface area contributed by atoms with Crippen molar-refractivity contribution in [1.82, 2.24) is 4.90 Å². The van der Waals surface area contributed by atoms with E-state index in [1.807, 2.05) is 0 Å². The molecule has 2 atom stereocenters. The standard InChI is InChI=1S/C13H24N2/c14-11-5-9-15(10-11)12-4-8-13(12)6-2-1-3-7-13/h11-12H,1-10,14H2/t11-,12?/m1/s1. The van der Waals surface area contributed by atoms with Gasteiger partial charge in [-0.1, -0.05) is 19.3 Å². The van der Waals surface area contributed by atoms with Crippen LogP contribution in [-0.4, -0.2) is 30.1 Å². The smallest absolute Gasteiger partial charge is 0.0180 e. The van der Waals surface area contributed by atoms with E-state index in [0.29, 0.717) is 6.04 Å². The molecule has 3 rings (SSSR count). The maximum Gasteiger partial charge on any atom is 0.0180 e. The van der Waals surface area contributed by atoms with Crippen molar-refractivity contribution in [2.45, 2.75) is 63.5 Å². The van der Waals surface area contributed by atoms with Crippen molar-refractivity contribution < 1.29 is 0 Å². The molecule has 0 aromatic carbocycles. The molecule has 1 heterocycles. The highest BCUT2D eigenvalue weighted by molar-refractivity contribution is 5.04. The zero-order valence-electron chi connectivity index (χ0n) is 9.75. The Morgan fingerprint density at radius 1 is 1.00 bits per heavy atom. The monoisotopic (exact) mass is 208 g/mol. The second-order valence-corrected chi connectivity index (χ2v) is 6.02. The van der Waals surface area contributed by atoms with E-state index >= 15 is 0 Å². The van der Waals surface area contributed by atoms with E-state index in [2.05, 4.69) is 4.90 Å². The first-order chi connectivity index (χ1) is 7.30. The molecular formula is C13H24N2. The summed E-state index contributed by atoms with van der Waals surface area (Å²) in [4.78, 5) is 2.71. The highest BCUT2D eigenvalue weighted by Gasteiger charge is 2.50. The second kappa shape index (κ2) is 3.74. The molecule has 0 aromatic rings. The summed E-state index contributed by atoms with van der Waals surface area (Å²) in [5, 5.41) is 0. The lowest BCUT2D eigenvalue weighted by molar-refractivity contribution is -0.0435. The highest BCUT2D eigenvalue weighted by atomic mass is 15.2. The Labute approximate surface area is 93.2 Å². The van der Waals surface area contributed by atoms with Gasteiger partial charge in [-0.15, -0.1) is 0 Å². The fraction of sp³-hybridized carbons (Fsp3) is 1.00. The van der Waals surface area contributed by atoms with E-state index in [1.54, 1.807) is 0 Å². The molecule has 1 spiro atoms. The van der Waals surface area contributed by atoms with E-state index in [-0.39, 0.29) is 0 Å². The van der Waals surface area contributed by atoms with Crippen LogP contribution >= 0.6 is 0 Å². The highest BCUT2D eigenvalue weighted by Crippen LogP contribution is 2.54. The van der Waals surface area contributed by atoms with Crippen LogP contribution in [0, 0.1) is 5.41 Å². The molecule has 1 saturated heterocycles. The Bertz CT molecular complexity index is 233. The number of nitrogens with two attached hydrogens (primary N) is 1. The van der Waals surface area contributed by atoms with Gasteiger partial charge >= 0.3 is 0 Å². The Kier molecular flexibility index (Phi) is 2.52. The second-order valence-electron chi connectivity index (χ2n) is 6.02. The Morgan fingerprint density at radius 3 is 2.33 bits per heavy atom. The molecule has 0 bridgehead atoms. The van der Waals surface area contributed by atoms with Crippen LogP contribution in [0.15, 0.2) is 0 Å². The van der Waals surface area contributed by atoms with Crippen molar-refractivity contribution in [3.8, 4) is 0 Å². The van der Waals surface area contributed by atoms with Crippen LogP contribution in [0.2, 0.25) is 0 Å². The quantitative estimate of drug-likeness (QED) is 0.715. The van der Waals surface area contributed by atoms with Crippen LogP contribution < -0.4 is 5.73 Å². The van der Waals surface area contributed by atoms with Crippen LogP contribution in [-0.2, 0) is 0 Å². The van der Waals surface area contributed by atoms with Crippen LogP contribution in [0.5, 0.6) is 0 Å². The SMILES string of the molecule is N[C@@H]1CCN(C2CCC23CCCCC3)C1. The van der Waals surface area contributed by atoms with Crippen molar-refractivity contribution in [3.63, 3.8) is 0 Å². The molecule has 2 nitrogen and oxygen atoms in total. The van der Waals surface area contributed by atoms with Crippen LogP contribution in [0.3, 0.4) is 0 Å². The zero-order chi connectivity index (χ0) is 10.3. The summed E-state index contributed by atoms with van der Waals surface area (Å²) in [6.45, 7) is 2.44. The Hall–Kier alpha value is -0.0800. The Morgan fingerprint density at radius 2 is 1.80 bits per heavy atom. The lowest BCUT2D eigenvalue weighted by Crippen LogP contribution is -2.55. The van der Waals surface area contributed by atoms with Crippen molar-refractivity contribution >= 4 is 0 Å². The van der Waals surface area contributed by atoms with Gasteiger partial charge in [0.1, 0.15) is 0 Å². The van der Waals surface area contributed by atoms with Gasteiger partial charge < -0.3 is 5.73 Å². The average molecular weight is 208 g/mol. The topological polar surface area (TPSA) is 29.3 Å². The van der Waals surface area contributed by atoms with E-state index < -0.39 is 0 Å². The fourth-order valence-corrected chi connectivity index (χ4v) is 4.19. The van der Waals surface area contributed by atoms with Crippen molar-refractivity contribution in [3.05, 3.63) is 0 Å². The molecular weight excluding hydrogens is 184 g/mol. The number of nitrogens with zero attached hydrogens (tertiary/aromatic N) is 1. The largest absolute Gasteiger partial charge is 0.326 e. The van der Waals surface area contributed by atoms with Crippen molar-refractivity contribution in [2.24, 2.45) is 11.1 Å². The fourth-order valence-electron chi connectivity index (χ4n) is 4.19. The van der Waals surface area contributed by atoms with Gasteiger partial charge in [0.15, 0.2) is 0 Å². The molecule has 15 heavy (non-hydrogen) atoms. The number of rotatable bonds is 1. The first-order valence-electron chi connectivity index (χ1n) is 6.80. The molecule has 2 heteroatoms. The third-order valence-corrected chi connectivity index (χ3v) is 5.17. The van der Waals surface area contributed by atoms with Gasteiger partial charge in [0.05, 0.1) is 0 Å². The van der Waals surface area contributed by atoms with Gasteiger partial charge in [-0.25, -0.2) is 0 Å². The van der Waals surface area contributed by atoms with Gasteiger partial charge in [0, 0.05) is 25.2 Å². The summed E-state index contributed by atoms with van der Waals surface area (Å²) < 4.78 is 0. The number of hydrogen-bond acceptors (Lipinski definition) is 2. The molecule has 0 radical (unpaired) electrons. The summed E-state index contributed by atoms with van der Waals surface area (Å²) in [5.74, 6) is 0. The molecule has 1 aliphatic heterocycles. The average Bonchev–Trinajstić information content (AvgIpc) is 2.64. The summed E-state index contributed by atoms with van der Waals surface area (Å²) in [6.07, 6.45) is 11.6. The lowest BCUT2D eigenvalue weighted by Gasteiger charge is -2.55. The van der Waals surface area contributed by atoms with Gasteiger partial charge in [0.25, 0.3) is 0 Å². The van der Waals surface area contributed by atoms with Crippen LogP contribution in [0.25, 0.3) is 0 Å². The summed E-state index contributed by atoms with van der Waals surface area (Å²) in [7, 11) is 0. The van der Waals surface area contributed by atoms with E-state index in [0.717, 1.165) is 11.5 Å². The molecule has 1 unspecified atom stereocenters. The van der Waals surface area contributed by atoms with Gasteiger partial charge in [0.2, 0.25) is 0 Å². The van der Waals surface area contributed by atoms with Crippen molar-refractivity contribution in [1.29, 1.82) is 0 Å². The molecule has 0 amide bonds. The predicted molar refractivity (Wildman–Crippen MR) is 62.7 cm³/mol. The maximum atomic E-state index is 6.02. The van der Waals surface area contributed by atoms with E-state index in [1.165, 1.54) is 64.5 Å². The molecule has 86 valence electrons. The van der Waals surface area contributed by atoms with Gasteiger partial charge in [-0.2, -0.15) is 0 Å². The predicted octanol–water partition coefficient (Wildman–Crippen LogP) is 2.13. The molecule has 2 saturated carbocycles. The first kappa shape index (κ1) is 10.1. The minimum atomic E-state index is 0.464. The number of hydrogen-bond donors (Lipinski definition) is 1. The van der Waals surface area contributed by atoms with E-state index in [9.17, 15) is 0 Å². The zero-order valence-corrected chi connectivity index (χ0v) is 9.75. The van der Waals surface area contributed by atoms with E-state index in [4.69, 9.17) is 5.73 Å². The minimum absolute atomic E-state index is 0.464. The molecule has 3 aliphatic rings. The van der Waals surface area contributed by atoms with Crippen molar-refractivity contribution in [2.75, 3.05) is 13.1 Å². The molecule has 0 aromatic heterocycles. The first-order valence-corrected chi connectivity index (χ1v) is 6.80. The third-order valence-electron chi connectivity index (χ3n) is 5.17. The number of likely N-dealkylation sites (tertiary alicyclic amines) is 1. The molecule has 3 fully saturated rings. The lowest BCUT2D eigenvalue weighted by atomic mass is 9.57.